The third-order valence-corrected chi connectivity index (χ3v) is 5.35. The lowest BCUT2D eigenvalue weighted by Gasteiger charge is -2.16. The van der Waals surface area contributed by atoms with Gasteiger partial charge in [-0.1, -0.05) is 0 Å². The minimum atomic E-state index is -0.444. The van der Waals surface area contributed by atoms with Gasteiger partial charge in [0.05, 0.1) is 17.6 Å². The van der Waals surface area contributed by atoms with Crippen molar-refractivity contribution in [1.82, 2.24) is 24.8 Å². The average Bonchev–Trinajstić information content (AvgIpc) is 3.10. The molecule has 164 valence electrons. The molecule has 0 aliphatic rings. The summed E-state index contributed by atoms with van der Waals surface area (Å²) in [5.74, 6) is -0.198. The van der Waals surface area contributed by atoms with Crippen LogP contribution in [0.3, 0.4) is 0 Å². The Labute approximate surface area is 182 Å². The molecular formula is C23H21F2N5O2. The SMILES string of the molecule is Cc1cc(-c2ccc(F)cn2)c(C)cc1OCc1c(-n2nnn(C)c2=O)ccc(F)c1C. The first-order chi connectivity index (χ1) is 15.3. The Morgan fingerprint density at radius 1 is 1.00 bits per heavy atom. The van der Waals surface area contributed by atoms with E-state index in [9.17, 15) is 13.6 Å². The predicted octanol–water partition coefficient (Wildman–Crippen LogP) is 3.81. The molecule has 0 saturated heterocycles. The van der Waals surface area contributed by atoms with Gasteiger partial charge < -0.3 is 4.74 Å². The molecule has 2 heterocycles. The summed E-state index contributed by atoms with van der Waals surface area (Å²) in [4.78, 5) is 16.5. The molecule has 9 heteroatoms. The van der Waals surface area contributed by atoms with Gasteiger partial charge in [-0.15, -0.1) is 0 Å². The Balaban J connectivity index is 1.68. The van der Waals surface area contributed by atoms with Crippen LogP contribution in [0.4, 0.5) is 8.78 Å². The number of tetrazole rings is 1. The van der Waals surface area contributed by atoms with Crippen LogP contribution in [-0.2, 0) is 13.7 Å². The third kappa shape index (κ3) is 3.89. The van der Waals surface area contributed by atoms with Crippen molar-refractivity contribution < 1.29 is 13.5 Å². The number of rotatable bonds is 5. The average molecular weight is 437 g/mol. The molecule has 0 saturated carbocycles. The quantitative estimate of drug-likeness (QED) is 0.475. The minimum absolute atomic E-state index is 0.0242. The zero-order chi connectivity index (χ0) is 23.0. The maximum Gasteiger partial charge on any atom is 0.368 e. The normalized spacial score (nSPS) is 11.1. The van der Waals surface area contributed by atoms with Crippen molar-refractivity contribution in [3.63, 3.8) is 0 Å². The molecule has 32 heavy (non-hydrogen) atoms. The Hall–Kier alpha value is -3.88. The van der Waals surface area contributed by atoms with Crippen molar-refractivity contribution in [2.45, 2.75) is 27.4 Å². The topological polar surface area (TPSA) is 74.8 Å². The van der Waals surface area contributed by atoms with E-state index in [1.165, 1.54) is 31.4 Å². The van der Waals surface area contributed by atoms with E-state index in [1.54, 1.807) is 13.0 Å². The highest BCUT2D eigenvalue weighted by Crippen LogP contribution is 2.30. The fourth-order valence-corrected chi connectivity index (χ4v) is 3.47. The summed E-state index contributed by atoms with van der Waals surface area (Å²) in [7, 11) is 1.49. The summed E-state index contributed by atoms with van der Waals surface area (Å²) >= 11 is 0. The molecule has 0 radical (unpaired) electrons. The van der Waals surface area contributed by atoms with E-state index in [0.29, 0.717) is 28.3 Å². The second-order valence-corrected chi connectivity index (χ2v) is 7.55. The van der Waals surface area contributed by atoms with Crippen molar-refractivity contribution in [1.29, 1.82) is 0 Å². The van der Waals surface area contributed by atoms with Gasteiger partial charge in [0, 0.05) is 18.2 Å². The van der Waals surface area contributed by atoms with Crippen LogP contribution in [-0.4, -0.2) is 24.8 Å². The summed E-state index contributed by atoms with van der Waals surface area (Å²) < 4.78 is 35.8. The maximum absolute atomic E-state index is 14.3. The molecule has 0 bridgehead atoms. The van der Waals surface area contributed by atoms with E-state index in [0.717, 1.165) is 26.1 Å². The molecule has 0 aliphatic carbocycles. The Morgan fingerprint density at radius 2 is 1.78 bits per heavy atom. The number of halogens is 2. The number of aromatic nitrogens is 5. The molecule has 0 fully saturated rings. The van der Waals surface area contributed by atoms with Crippen LogP contribution in [0.2, 0.25) is 0 Å². The maximum atomic E-state index is 14.3. The lowest BCUT2D eigenvalue weighted by atomic mass is 10.0. The highest BCUT2D eigenvalue weighted by atomic mass is 19.1. The Kier molecular flexibility index (Phi) is 5.56. The number of nitrogens with zero attached hydrogens (tertiary/aromatic N) is 5. The van der Waals surface area contributed by atoms with E-state index in [4.69, 9.17) is 4.74 Å². The van der Waals surface area contributed by atoms with Crippen molar-refractivity contribution >= 4 is 0 Å². The molecule has 0 aliphatic heterocycles. The van der Waals surface area contributed by atoms with Gasteiger partial charge in [0.15, 0.2) is 0 Å². The molecule has 7 nitrogen and oxygen atoms in total. The van der Waals surface area contributed by atoms with Crippen molar-refractivity contribution in [3.8, 4) is 22.7 Å². The van der Waals surface area contributed by atoms with E-state index >= 15 is 0 Å². The summed E-state index contributed by atoms with van der Waals surface area (Å²) in [5.41, 5.74) is 4.07. The number of pyridine rings is 1. The summed E-state index contributed by atoms with van der Waals surface area (Å²) in [6.45, 7) is 5.44. The second kappa shape index (κ2) is 8.33. The van der Waals surface area contributed by atoms with Crippen molar-refractivity contribution in [2.24, 2.45) is 7.05 Å². The molecule has 0 unspecified atom stereocenters. The van der Waals surface area contributed by atoms with E-state index in [2.05, 4.69) is 15.4 Å². The third-order valence-electron chi connectivity index (χ3n) is 5.35. The molecule has 0 spiro atoms. The smallest absolute Gasteiger partial charge is 0.368 e. The van der Waals surface area contributed by atoms with Gasteiger partial charge >= 0.3 is 5.69 Å². The fourth-order valence-electron chi connectivity index (χ4n) is 3.47. The number of aryl methyl sites for hydroxylation is 3. The molecule has 2 aromatic heterocycles. The second-order valence-electron chi connectivity index (χ2n) is 7.55. The van der Waals surface area contributed by atoms with Crippen LogP contribution in [0.15, 0.2) is 47.4 Å². The zero-order valence-electron chi connectivity index (χ0n) is 18.1. The highest BCUT2D eigenvalue weighted by molar-refractivity contribution is 5.66. The molecule has 4 aromatic rings. The lowest BCUT2D eigenvalue weighted by Crippen LogP contribution is -2.23. The van der Waals surface area contributed by atoms with Crippen LogP contribution in [0, 0.1) is 32.4 Å². The van der Waals surface area contributed by atoms with Crippen molar-refractivity contribution in [3.05, 3.63) is 87.0 Å². The molecular weight excluding hydrogens is 416 g/mol. The first-order valence-electron chi connectivity index (χ1n) is 9.89. The number of hydrogen-bond donors (Lipinski definition) is 0. The van der Waals surface area contributed by atoms with Crippen LogP contribution in [0.25, 0.3) is 16.9 Å². The monoisotopic (exact) mass is 437 g/mol. The number of hydrogen-bond acceptors (Lipinski definition) is 5. The van der Waals surface area contributed by atoms with Crippen molar-refractivity contribution in [2.75, 3.05) is 0 Å². The largest absolute Gasteiger partial charge is 0.489 e. The van der Waals surface area contributed by atoms with Gasteiger partial charge in [0.25, 0.3) is 0 Å². The fraction of sp³-hybridized carbons (Fsp3) is 0.217. The molecule has 0 N–H and O–H groups in total. The lowest BCUT2D eigenvalue weighted by molar-refractivity contribution is 0.301. The van der Waals surface area contributed by atoms with Crippen LogP contribution >= 0.6 is 0 Å². The van der Waals surface area contributed by atoms with E-state index in [1.807, 2.05) is 26.0 Å². The van der Waals surface area contributed by atoms with Gasteiger partial charge in [-0.25, -0.2) is 13.6 Å². The number of ether oxygens (including phenoxy) is 1. The first-order valence-corrected chi connectivity index (χ1v) is 9.89. The summed E-state index contributed by atoms with van der Waals surface area (Å²) in [6, 6.07) is 9.53. The van der Waals surface area contributed by atoms with Crippen LogP contribution in [0.5, 0.6) is 5.75 Å². The van der Waals surface area contributed by atoms with E-state index < -0.39 is 17.3 Å². The summed E-state index contributed by atoms with van der Waals surface area (Å²) in [6.07, 6.45) is 1.18. The van der Waals surface area contributed by atoms with Gasteiger partial charge in [-0.05, 0) is 84.3 Å². The summed E-state index contributed by atoms with van der Waals surface area (Å²) in [5, 5.41) is 7.59. The van der Waals surface area contributed by atoms with Crippen LogP contribution in [0.1, 0.15) is 22.3 Å². The first kappa shape index (κ1) is 21.4. The molecule has 4 rings (SSSR count). The van der Waals surface area contributed by atoms with Crippen LogP contribution < -0.4 is 10.4 Å². The molecule has 0 atom stereocenters. The molecule has 2 aromatic carbocycles. The van der Waals surface area contributed by atoms with E-state index in [-0.39, 0.29) is 6.61 Å². The minimum Gasteiger partial charge on any atom is -0.489 e. The molecule has 0 amide bonds. The van der Waals surface area contributed by atoms with Gasteiger partial charge in [-0.2, -0.15) is 9.36 Å². The standard InChI is InChI=1S/C23H21F2N5O2/c1-13-10-22(14(2)9-17(13)20-7-5-16(24)11-26-20)32-12-18-15(3)19(25)6-8-21(18)30-23(31)29(4)27-28-30/h5-11H,12H2,1-4H3. The predicted molar refractivity (Wildman–Crippen MR) is 115 cm³/mol. The Morgan fingerprint density at radius 3 is 2.44 bits per heavy atom. The zero-order valence-corrected chi connectivity index (χ0v) is 18.1. The van der Waals surface area contributed by atoms with Gasteiger partial charge in [-0.3, -0.25) is 4.98 Å². The van der Waals surface area contributed by atoms with Gasteiger partial charge in [0.1, 0.15) is 24.0 Å². The highest BCUT2D eigenvalue weighted by Gasteiger charge is 2.17. The van der Waals surface area contributed by atoms with Gasteiger partial charge in [0.2, 0.25) is 0 Å². The Bertz CT molecular complexity index is 1360. The number of benzene rings is 2.